The first-order valence-electron chi connectivity index (χ1n) is 9.14. The second-order valence-corrected chi connectivity index (χ2v) is 10.7. The van der Waals surface area contributed by atoms with E-state index >= 15 is 0 Å². The monoisotopic (exact) mass is 504 g/mol. The van der Waals surface area contributed by atoms with Crippen molar-refractivity contribution in [1.82, 2.24) is 0 Å². The van der Waals surface area contributed by atoms with Crippen LogP contribution < -0.4 is 58.0 Å². The molecule has 0 saturated heterocycles. The van der Waals surface area contributed by atoms with Crippen molar-refractivity contribution < 1.29 is 58.9 Å². The first kappa shape index (κ1) is 28.8. The molecule has 0 amide bonds. The van der Waals surface area contributed by atoms with E-state index in [0.29, 0.717) is 0 Å². The van der Waals surface area contributed by atoms with Crippen LogP contribution in [-0.4, -0.2) is 8.07 Å². The second-order valence-electron chi connectivity index (χ2n) is 6.92. The van der Waals surface area contributed by atoms with Crippen molar-refractivity contribution in [3.8, 4) is 0 Å². The summed E-state index contributed by atoms with van der Waals surface area (Å²) >= 11 is 0. The largest absolute Gasteiger partial charge is 4.00 e. The summed E-state index contributed by atoms with van der Waals surface area (Å²) in [6, 6.07) is 37.9. The Balaban J connectivity index is 0.00000210. The third-order valence-electron chi connectivity index (χ3n) is 5.37. The Bertz CT molecular complexity index is 886. The van der Waals surface area contributed by atoms with Crippen LogP contribution in [-0.2, 0) is 21.7 Å². The number of rotatable bonds is 4. The topological polar surface area (TPSA) is 0 Å². The zero-order valence-electron chi connectivity index (χ0n) is 16.9. The summed E-state index contributed by atoms with van der Waals surface area (Å²) < 4.78 is 0. The van der Waals surface area contributed by atoms with Gasteiger partial charge in [0.2, 0.25) is 0 Å². The number of halogens is 3. The Labute approximate surface area is 214 Å². The molecule has 152 valence electrons. The van der Waals surface area contributed by atoms with Crippen LogP contribution in [0.1, 0.15) is 11.1 Å². The molecule has 0 fully saturated rings. The fourth-order valence-electron chi connectivity index (χ4n) is 4.32. The molecule has 4 aromatic carbocycles. The van der Waals surface area contributed by atoms with E-state index < -0.39 is 8.07 Å². The quantitative estimate of drug-likeness (QED) is 0.148. The molecule has 0 aliphatic rings. The number of hydrogen-bond donors (Lipinski definition) is 0. The van der Waals surface area contributed by atoms with E-state index in [4.69, 9.17) is 0 Å². The Hall–Kier alpha value is -1.19. The van der Waals surface area contributed by atoms with Gasteiger partial charge in [-0.25, -0.2) is 12.1 Å². The van der Waals surface area contributed by atoms with Gasteiger partial charge in [-0.15, -0.1) is 5.19 Å². The van der Waals surface area contributed by atoms with Gasteiger partial charge in [-0.1, -0.05) is 120 Å². The molecule has 0 radical (unpaired) electrons. The fraction of sp³-hybridized carbons (Fsp3) is 0.0800. The molecule has 4 rings (SSSR count). The van der Waals surface area contributed by atoms with Gasteiger partial charge in [-0.3, -0.25) is 0 Å². The molecule has 30 heavy (non-hydrogen) atoms. The summed E-state index contributed by atoms with van der Waals surface area (Å²) in [6.07, 6.45) is 0. The van der Waals surface area contributed by atoms with Crippen molar-refractivity contribution >= 4 is 28.8 Å². The molecule has 5 heteroatoms. The predicted molar refractivity (Wildman–Crippen MR) is 115 cm³/mol. The average molecular weight is 506 g/mol. The van der Waals surface area contributed by atoms with Crippen molar-refractivity contribution in [3.05, 3.63) is 114 Å². The van der Waals surface area contributed by atoms with Gasteiger partial charge in [0.25, 0.3) is 0 Å². The molecule has 0 saturated carbocycles. The molecule has 0 heterocycles. The summed E-state index contributed by atoms with van der Waals surface area (Å²) in [6.45, 7) is 4.53. The molecule has 0 aromatic heterocycles. The van der Waals surface area contributed by atoms with Gasteiger partial charge in [-0.2, -0.15) is 11.1 Å². The van der Waals surface area contributed by atoms with Crippen LogP contribution in [0.4, 0.5) is 0 Å². The zero-order chi connectivity index (χ0) is 18.0. The van der Waals surface area contributed by atoms with Gasteiger partial charge in [0.1, 0.15) is 8.07 Å². The third-order valence-corrected chi connectivity index (χ3v) is 10.5. The van der Waals surface area contributed by atoms with Crippen LogP contribution in [0.3, 0.4) is 0 Å². The summed E-state index contributed by atoms with van der Waals surface area (Å²) in [5, 5.41) is 5.85. The van der Waals surface area contributed by atoms with Crippen LogP contribution in [0.25, 0.3) is 0 Å². The van der Waals surface area contributed by atoms with Crippen molar-refractivity contribution in [1.29, 1.82) is 0 Å². The SMILES string of the molecule is Cc1ccc(C)[c-]1[Si](c1ccccc1)(c1ccccc1)c1ccccc1.[Cl-].[Cl-].[Cl-].[Ti+4]. The van der Waals surface area contributed by atoms with Gasteiger partial charge in [0.15, 0.2) is 0 Å². The van der Waals surface area contributed by atoms with Gasteiger partial charge in [-0.05, 0) is 0 Å². The molecule has 0 unspecified atom stereocenters. The van der Waals surface area contributed by atoms with E-state index in [1.165, 1.54) is 31.9 Å². The molecular weight excluding hydrogens is 483 g/mol. The van der Waals surface area contributed by atoms with Crippen molar-refractivity contribution in [2.24, 2.45) is 0 Å². The van der Waals surface area contributed by atoms with Crippen LogP contribution in [0, 0.1) is 13.8 Å². The standard InChI is InChI=1S/C25H23Si.3ClH.Ti/c1-20-18-19-21(2)25(20)26(22-12-6-3-7-13-22,23-14-8-4-9-15-23)24-16-10-5-11-17-24;;;;/h3-19H,1-2H3;3*1H;/q-1;;;;+4/p-3. The van der Waals surface area contributed by atoms with Gasteiger partial charge >= 0.3 is 21.7 Å². The van der Waals surface area contributed by atoms with E-state index in [9.17, 15) is 0 Å². The Morgan fingerprint density at radius 1 is 0.467 bits per heavy atom. The first-order chi connectivity index (χ1) is 12.7. The average Bonchev–Trinajstić information content (AvgIpc) is 3.04. The van der Waals surface area contributed by atoms with Crippen LogP contribution >= 0.6 is 0 Å². The molecule has 0 nitrogen and oxygen atoms in total. The van der Waals surface area contributed by atoms with Gasteiger partial charge < -0.3 is 37.2 Å². The molecule has 0 bridgehead atoms. The predicted octanol–water partition coefficient (Wildman–Crippen LogP) is -5.59. The number of aryl methyl sites for hydroxylation is 2. The maximum Gasteiger partial charge on any atom is 4.00 e. The molecule has 0 N–H and O–H groups in total. The normalized spacial score (nSPS) is 9.93. The van der Waals surface area contributed by atoms with Crippen molar-refractivity contribution in [2.45, 2.75) is 13.8 Å². The second kappa shape index (κ2) is 12.6. The Morgan fingerprint density at radius 2 is 0.733 bits per heavy atom. The first-order valence-corrected chi connectivity index (χ1v) is 11.1. The number of hydrogen-bond acceptors (Lipinski definition) is 0. The minimum absolute atomic E-state index is 0. The third kappa shape index (κ3) is 4.99. The molecule has 0 aliphatic carbocycles. The van der Waals surface area contributed by atoms with Crippen LogP contribution in [0.5, 0.6) is 0 Å². The molecule has 0 aliphatic heterocycles. The van der Waals surface area contributed by atoms with Gasteiger partial charge in [0, 0.05) is 0 Å². The van der Waals surface area contributed by atoms with Crippen molar-refractivity contribution in [3.63, 3.8) is 0 Å². The molecular formula is C25H23Cl3SiTi. The fourth-order valence-corrected chi connectivity index (χ4v) is 9.61. The zero-order valence-corrected chi connectivity index (χ0v) is 21.8. The summed E-state index contributed by atoms with van der Waals surface area (Å²) in [4.78, 5) is 0. The van der Waals surface area contributed by atoms with E-state index in [1.807, 2.05) is 0 Å². The van der Waals surface area contributed by atoms with E-state index in [1.54, 1.807) is 0 Å². The minimum Gasteiger partial charge on any atom is -1.00 e. The summed E-state index contributed by atoms with van der Waals surface area (Å²) in [7, 11) is -2.34. The Morgan fingerprint density at radius 3 is 1.00 bits per heavy atom. The summed E-state index contributed by atoms with van der Waals surface area (Å²) in [5.74, 6) is 0. The molecule has 0 atom stereocenters. The molecule has 4 aromatic rings. The van der Waals surface area contributed by atoms with E-state index in [-0.39, 0.29) is 58.9 Å². The maximum atomic E-state index is 2.32. The van der Waals surface area contributed by atoms with Crippen LogP contribution in [0.2, 0.25) is 0 Å². The maximum absolute atomic E-state index is 2.34. The van der Waals surface area contributed by atoms with Crippen LogP contribution in [0.15, 0.2) is 103 Å². The molecule has 0 spiro atoms. The summed E-state index contributed by atoms with van der Waals surface area (Å²) in [5.41, 5.74) is 2.79. The smallest absolute Gasteiger partial charge is 1.00 e. The minimum atomic E-state index is -2.34. The van der Waals surface area contributed by atoms with Gasteiger partial charge in [0.05, 0.1) is 0 Å². The number of benzene rings is 3. The Kier molecular flexibility index (Phi) is 12.1. The van der Waals surface area contributed by atoms with E-state index in [2.05, 4.69) is 117 Å². The van der Waals surface area contributed by atoms with Crippen molar-refractivity contribution in [2.75, 3.05) is 0 Å². The van der Waals surface area contributed by atoms with E-state index in [0.717, 1.165) is 0 Å².